The molecule has 0 spiro atoms. The van der Waals surface area contributed by atoms with Crippen LogP contribution in [0.15, 0.2) is 23.6 Å². The maximum atomic E-state index is 6.39. The summed E-state index contributed by atoms with van der Waals surface area (Å²) in [6.07, 6.45) is 0. The highest BCUT2D eigenvalue weighted by molar-refractivity contribution is 7.10. The summed E-state index contributed by atoms with van der Waals surface area (Å²) in [4.78, 5) is 1.13. The zero-order valence-corrected chi connectivity index (χ0v) is 13.0. The third kappa shape index (κ3) is 2.39. The van der Waals surface area contributed by atoms with E-state index in [0.29, 0.717) is 13.2 Å². The molecule has 0 bridgehead atoms. The highest BCUT2D eigenvalue weighted by Crippen LogP contribution is 2.39. The van der Waals surface area contributed by atoms with Crippen molar-refractivity contribution in [2.45, 2.75) is 13.0 Å². The third-order valence-electron chi connectivity index (χ3n) is 3.38. The van der Waals surface area contributed by atoms with Crippen LogP contribution in [-0.2, 0) is 0 Å². The van der Waals surface area contributed by atoms with Crippen molar-refractivity contribution in [3.05, 3.63) is 44.6 Å². The van der Waals surface area contributed by atoms with E-state index in [0.717, 1.165) is 32.5 Å². The van der Waals surface area contributed by atoms with E-state index in [1.54, 1.807) is 11.3 Å². The van der Waals surface area contributed by atoms with E-state index in [-0.39, 0.29) is 6.04 Å². The molecule has 1 aliphatic heterocycles. The molecule has 0 radical (unpaired) electrons. The summed E-state index contributed by atoms with van der Waals surface area (Å²) in [5, 5.41) is 6.25. The molecule has 1 unspecified atom stereocenters. The number of fused-ring (bicyclic) bond motifs is 1. The molecule has 1 aromatic carbocycles. The van der Waals surface area contributed by atoms with Crippen molar-refractivity contribution in [3.63, 3.8) is 0 Å². The standard InChI is InChI=1S/C15H16ClNO2S/c1-9-8-20-15(13(9)16)14(17-2)10-3-4-11-12(7-10)19-6-5-18-11/h3-4,7-8,14,17H,5-6H2,1-2H3. The lowest BCUT2D eigenvalue weighted by Gasteiger charge is -2.22. The minimum atomic E-state index is 0.0667. The van der Waals surface area contributed by atoms with Gasteiger partial charge in [0.25, 0.3) is 0 Å². The summed E-state index contributed by atoms with van der Waals surface area (Å²) < 4.78 is 11.2. The predicted octanol–water partition coefficient (Wildman–Crippen LogP) is 3.79. The van der Waals surface area contributed by atoms with Crippen molar-refractivity contribution in [2.24, 2.45) is 0 Å². The molecule has 0 saturated heterocycles. The van der Waals surface area contributed by atoms with Crippen LogP contribution in [0.25, 0.3) is 0 Å². The van der Waals surface area contributed by atoms with Crippen molar-refractivity contribution in [3.8, 4) is 11.5 Å². The molecule has 20 heavy (non-hydrogen) atoms. The first kappa shape index (κ1) is 13.7. The molecule has 0 amide bonds. The van der Waals surface area contributed by atoms with E-state index >= 15 is 0 Å². The molecular formula is C15H16ClNO2S. The number of nitrogens with one attached hydrogen (secondary N) is 1. The van der Waals surface area contributed by atoms with Crippen LogP contribution in [0.5, 0.6) is 11.5 Å². The predicted molar refractivity (Wildman–Crippen MR) is 82.4 cm³/mol. The van der Waals surface area contributed by atoms with Gasteiger partial charge in [-0.05, 0) is 42.6 Å². The van der Waals surface area contributed by atoms with Gasteiger partial charge in [-0.15, -0.1) is 11.3 Å². The number of thiophene rings is 1. The van der Waals surface area contributed by atoms with E-state index in [2.05, 4.69) is 16.8 Å². The van der Waals surface area contributed by atoms with Crippen LogP contribution in [-0.4, -0.2) is 20.3 Å². The molecule has 0 saturated carbocycles. The largest absolute Gasteiger partial charge is 0.486 e. The fraction of sp³-hybridized carbons (Fsp3) is 0.333. The molecule has 1 atom stereocenters. The van der Waals surface area contributed by atoms with Crippen LogP contribution in [0, 0.1) is 6.92 Å². The molecule has 1 N–H and O–H groups in total. The van der Waals surface area contributed by atoms with Crippen molar-refractivity contribution in [2.75, 3.05) is 20.3 Å². The summed E-state index contributed by atoms with van der Waals surface area (Å²) >= 11 is 8.06. The van der Waals surface area contributed by atoms with Crippen LogP contribution in [0.3, 0.4) is 0 Å². The third-order valence-corrected chi connectivity index (χ3v) is 5.15. The van der Waals surface area contributed by atoms with Crippen LogP contribution in [0.2, 0.25) is 5.02 Å². The van der Waals surface area contributed by atoms with Gasteiger partial charge in [-0.25, -0.2) is 0 Å². The Kier molecular flexibility index (Phi) is 3.87. The number of ether oxygens (including phenoxy) is 2. The van der Waals surface area contributed by atoms with Gasteiger partial charge in [-0.3, -0.25) is 0 Å². The van der Waals surface area contributed by atoms with Gasteiger partial charge in [0.1, 0.15) is 13.2 Å². The highest BCUT2D eigenvalue weighted by atomic mass is 35.5. The maximum Gasteiger partial charge on any atom is 0.161 e. The Bertz CT molecular complexity index is 626. The first-order chi connectivity index (χ1) is 9.70. The van der Waals surface area contributed by atoms with Gasteiger partial charge in [-0.1, -0.05) is 17.7 Å². The number of hydrogen-bond acceptors (Lipinski definition) is 4. The molecule has 0 fully saturated rings. The lowest BCUT2D eigenvalue weighted by atomic mass is 10.0. The molecular weight excluding hydrogens is 294 g/mol. The Morgan fingerprint density at radius 3 is 2.65 bits per heavy atom. The fourth-order valence-electron chi connectivity index (χ4n) is 2.33. The Balaban J connectivity index is 1.99. The van der Waals surface area contributed by atoms with E-state index in [4.69, 9.17) is 21.1 Å². The molecule has 1 aliphatic rings. The second-order valence-electron chi connectivity index (χ2n) is 4.72. The van der Waals surface area contributed by atoms with E-state index in [1.165, 1.54) is 0 Å². The second-order valence-corrected chi connectivity index (χ2v) is 6.01. The fourth-order valence-corrected chi connectivity index (χ4v) is 3.77. The average Bonchev–Trinajstić information content (AvgIpc) is 2.80. The minimum absolute atomic E-state index is 0.0667. The maximum absolute atomic E-state index is 6.39. The number of halogens is 1. The summed E-state index contributed by atoms with van der Waals surface area (Å²) in [7, 11) is 1.94. The molecule has 1 aromatic heterocycles. The van der Waals surface area contributed by atoms with Crippen molar-refractivity contribution in [1.29, 1.82) is 0 Å². The quantitative estimate of drug-likeness (QED) is 0.935. The summed E-state index contributed by atoms with van der Waals surface area (Å²) in [5.41, 5.74) is 2.24. The SMILES string of the molecule is CNC(c1ccc2c(c1)OCCO2)c1scc(C)c1Cl. The Labute approximate surface area is 127 Å². The number of rotatable bonds is 3. The number of benzene rings is 1. The topological polar surface area (TPSA) is 30.5 Å². The van der Waals surface area contributed by atoms with Crippen LogP contribution < -0.4 is 14.8 Å². The zero-order chi connectivity index (χ0) is 14.1. The molecule has 5 heteroatoms. The monoisotopic (exact) mass is 309 g/mol. The minimum Gasteiger partial charge on any atom is -0.486 e. The lowest BCUT2D eigenvalue weighted by Crippen LogP contribution is -2.19. The lowest BCUT2D eigenvalue weighted by molar-refractivity contribution is 0.171. The van der Waals surface area contributed by atoms with Crippen LogP contribution in [0.4, 0.5) is 0 Å². The normalized spacial score (nSPS) is 15.2. The van der Waals surface area contributed by atoms with E-state index in [1.807, 2.05) is 26.1 Å². The molecule has 2 heterocycles. The van der Waals surface area contributed by atoms with Gasteiger partial charge in [0.15, 0.2) is 11.5 Å². The van der Waals surface area contributed by atoms with Crippen molar-refractivity contribution in [1.82, 2.24) is 5.32 Å². The van der Waals surface area contributed by atoms with Crippen LogP contribution >= 0.6 is 22.9 Å². The van der Waals surface area contributed by atoms with E-state index < -0.39 is 0 Å². The first-order valence-corrected chi connectivity index (χ1v) is 7.76. The van der Waals surface area contributed by atoms with Crippen LogP contribution in [0.1, 0.15) is 22.0 Å². The highest BCUT2D eigenvalue weighted by Gasteiger charge is 2.21. The van der Waals surface area contributed by atoms with Gasteiger partial charge in [0.05, 0.1) is 11.1 Å². The average molecular weight is 310 g/mol. The Hall–Kier alpha value is -1.23. The Morgan fingerprint density at radius 1 is 1.25 bits per heavy atom. The molecule has 0 aliphatic carbocycles. The molecule has 3 nitrogen and oxygen atoms in total. The summed E-state index contributed by atoms with van der Waals surface area (Å²) in [6.45, 7) is 3.23. The molecule has 3 rings (SSSR count). The van der Waals surface area contributed by atoms with Crippen molar-refractivity contribution < 1.29 is 9.47 Å². The molecule has 2 aromatic rings. The Morgan fingerprint density at radius 2 is 2.00 bits per heavy atom. The number of hydrogen-bond donors (Lipinski definition) is 1. The van der Waals surface area contributed by atoms with Gasteiger partial charge in [0.2, 0.25) is 0 Å². The summed E-state index contributed by atoms with van der Waals surface area (Å²) in [6, 6.07) is 6.11. The smallest absolute Gasteiger partial charge is 0.161 e. The first-order valence-electron chi connectivity index (χ1n) is 6.51. The van der Waals surface area contributed by atoms with Gasteiger partial charge in [-0.2, -0.15) is 0 Å². The zero-order valence-electron chi connectivity index (χ0n) is 11.4. The van der Waals surface area contributed by atoms with Gasteiger partial charge < -0.3 is 14.8 Å². The van der Waals surface area contributed by atoms with Gasteiger partial charge in [0, 0.05) is 4.88 Å². The van der Waals surface area contributed by atoms with E-state index in [9.17, 15) is 0 Å². The second kappa shape index (κ2) is 5.64. The van der Waals surface area contributed by atoms with Gasteiger partial charge >= 0.3 is 0 Å². The molecule has 106 valence electrons. The summed E-state index contributed by atoms with van der Waals surface area (Å²) in [5.74, 6) is 1.61. The van der Waals surface area contributed by atoms with Crippen molar-refractivity contribution >= 4 is 22.9 Å². The number of aryl methyl sites for hydroxylation is 1.